The molecule has 2 aromatic carbocycles. The zero-order valence-electron chi connectivity index (χ0n) is 13.6. The second kappa shape index (κ2) is 9.22. The van der Waals surface area contributed by atoms with E-state index in [0.717, 1.165) is 11.1 Å². The molecule has 0 heterocycles. The van der Waals surface area contributed by atoms with Crippen LogP contribution in [0.5, 0.6) is 0 Å². The van der Waals surface area contributed by atoms with Gasteiger partial charge in [-0.15, -0.1) is 0 Å². The van der Waals surface area contributed by atoms with Crippen LogP contribution in [-0.2, 0) is 27.4 Å². The average Bonchev–Trinajstić information content (AvgIpc) is 2.61. The largest absolute Gasteiger partial charge is 0.480 e. The molecule has 0 aliphatic heterocycles. The lowest BCUT2D eigenvalue weighted by molar-refractivity contribution is -0.141. The van der Waals surface area contributed by atoms with Gasteiger partial charge in [0.2, 0.25) is 0 Å². The lowest BCUT2D eigenvalue weighted by Crippen LogP contribution is -2.42. The minimum absolute atomic E-state index is 0.0248. The molecule has 0 unspecified atom stereocenters. The summed E-state index contributed by atoms with van der Waals surface area (Å²) in [5.74, 6) is -1.56. The molecule has 6 nitrogen and oxygen atoms in total. The third-order valence-corrected chi connectivity index (χ3v) is 3.48. The molecule has 0 saturated heterocycles. The molecule has 25 heavy (non-hydrogen) atoms. The van der Waals surface area contributed by atoms with Crippen LogP contribution in [0.1, 0.15) is 17.5 Å². The monoisotopic (exact) mass is 341 g/mol. The zero-order valence-corrected chi connectivity index (χ0v) is 13.6. The summed E-state index contributed by atoms with van der Waals surface area (Å²) in [6.45, 7) is 0.0248. The lowest BCUT2D eigenvalue weighted by Gasteiger charge is -2.14. The number of ketones is 1. The van der Waals surface area contributed by atoms with Gasteiger partial charge in [-0.05, 0) is 11.1 Å². The van der Waals surface area contributed by atoms with Crippen LogP contribution in [0.25, 0.3) is 0 Å². The third-order valence-electron chi connectivity index (χ3n) is 3.48. The molecule has 2 rings (SSSR count). The van der Waals surface area contributed by atoms with Gasteiger partial charge in [0.05, 0.1) is 0 Å². The quantitative estimate of drug-likeness (QED) is 0.770. The van der Waals surface area contributed by atoms with E-state index in [0.29, 0.717) is 0 Å². The molecule has 0 aliphatic carbocycles. The van der Waals surface area contributed by atoms with Crippen LogP contribution in [0, 0.1) is 0 Å². The Morgan fingerprint density at radius 3 is 2.04 bits per heavy atom. The highest BCUT2D eigenvalue weighted by Crippen LogP contribution is 2.05. The predicted octanol–water partition coefficient (Wildman–Crippen LogP) is 2.57. The van der Waals surface area contributed by atoms with E-state index < -0.39 is 18.1 Å². The number of hydrogen-bond donors (Lipinski definition) is 2. The summed E-state index contributed by atoms with van der Waals surface area (Å²) in [6, 6.07) is 16.7. The molecule has 0 saturated carbocycles. The van der Waals surface area contributed by atoms with Crippen molar-refractivity contribution in [3.63, 3.8) is 0 Å². The van der Waals surface area contributed by atoms with Gasteiger partial charge < -0.3 is 15.2 Å². The summed E-state index contributed by atoms with van der Waals surface area (Å²) < 4.78 is 4.98. The van der Waals surface area contributed by atoms with Crippen molar-refractivity contribution in [2.24, 2.45) is 0 Å². The van der Waals surface area contributed by atoms with E-state index >= 15 is 0 Å². The predicted molar refractivity (Wildman–Crippen MR) is 91.0 cm³/mol. The fraction of sp³-hybridized carbons (Fsp3) is 0.211. The molecule has 2 N–H and O–H groups in total. The van der Waals surface area contributed by atoms with Gasteiger partial charge in [-0.25, -0.2) is 9.59 Å². The Morgan fingerprint density at radius 1 is 0.920 bits per heavy atom. The number of amides is 1. The Balaban J connectivity index is 1.84. The first-order valence-electron chi connectivity index (χ1n) is 7.80. The molecule has 130 valence electrons. The molecule has 2 aromatic rings. The van der Waals surface area contributed by atoms with Crippen LogP contribution in [-0.4, -0.2) is 29.0 Å². The summed E-state index contributed by atoms with van der Waals surface area (Å²) in [5.41, 5.74) is 1.58. The SMILES string of the molecule is O=C(Cc1ccccc1)C[C@H](NC(=O)OCc1ccccc1)C(=O)O. The number of carboxylic acids is 1. The van der Waals surface area contributed by atoms with Crippen LogP contribution in [0.3, 0.4) is 0 Å². The van der Waals surface area contributed by atoms with Crippen molar-refractivity contribution >= 4 is 17.8 Å². The normalized spacial score (nSPS) is 11.4. The number of hydrogen-bond acceptors (Lipinski definition) is 4. The van der Waals surface area contributed by atoms with Gasteiger partial charge in [-0.1, -0.05) is 60.7 Å². The minimum atomic E-state index is -1.32. The fourth-order valence-corrected chi connectivity index (χ4v) is 2.23. The maximum atomic E-state index is 12.0. The van der Waals surface area contributed by atoms with Gasteiger partial charge in [0.25, 0.3) is 0 Å². The number of Topliss-reactive ketones (excluding diaryl/α,β-unsaturated/α-hetero) is 1. The van der Waals surface area contributed by atoms with Crippen LogP contribution < -0.4 is 5.32 Å². The molecular weight excluding hydrogens is 322 g/mol. The molecule has 0 radical (unpaired) electrons. The van der Waals surface area contributed by atoms with Crippen LogP contribution in [0.2, 0.25) is 0 Å². The standard InChI is InChI=1S/C19H19NO5/c21-16(11-14-7-3-1-4-8-14)12-17(18(22)23)20-19(24)25-13-15-9-5-2-6-10-15/h1-10,17H,11-13H2,(H,20,24)(H,22,23)/t17-/m0/s1. The van der Waals surface area contributed by atoms with Gasteiger partial charge in [0, 0.05) is 12.8 Å². The number of rotatable bonds is 8. The van der Waals surface area contributed by atoms with Gasteiger partial charge in [0.1, 0.15) is 18.4 Å². The smallest absolute Gasteiger partial charge is 0.408 e. The third kappa shape index (κ3) is 6.47. The Hall–Kier alpha value is -3.15. The summed E-state index contributed by atoms with van der Waals surface area (Å²) in [7, 11) is 0. The highest BCUT2D eigenvalue weighted by molar-refractivity contribution is 5.89. The number of nitrogens with one attached hydrogen (secondary N) is 1. The first-order chi connectivity index (χ1) is 12.0. The van der Waals surface area contributed by atoms with E-state index in [4.69, 9.17) is 4.74 Å². The summed E-state index contributed by atoms with van der Waals surface area (Å²) in [5, 5.41) is 11.4. The van der Waals surface area contributed by atoms with Crippen LogP contribution >= 0.6 is 0 Å². The molecule has 0 aromatic heterocycles. The second-order valence-corrected chi connectivity index (χ2v) is 5.50. The van der Waals surface area contributed by atoms with Crippen molar-refractivity contribution in [2.45, 2.75) is 25.5 Å². The number of alkyl carbamates (subject to hydrolysis) is 1. The van der Waals surface area contributed by atoms with Gasteiger partial charge in [-0.2, -0.15) is 0 Å². The van der Waals surface area contributed by atoms with Crippen molar-refractivity contribution in [2.75, 3.05) is 0 Å². The Kier molecular flexibility index (Phi) is 6.71. The second-order valence-electron chi connectivity index (χ2n) is 5.50. The Bertz CT molecular complexity index is 715. The highest BCUT2D eigenvalue weighted by Gasteiger charge is 2.24. The molecule has 0 bridgehead atoms. The molecule has 0 fully saturated rings. The van der Waals surface area contributed by atoms with E-state index in [9.17, 15) is 19.5 Å². The maximum absolute atomic E-state index is 12.0. The minimum Gasteiger partial charge on any atom is -0.480 e. The van der Waals surface area contributed by atoms with Crippen molar-refractivity contribution in [3.8, 4) is 0 Å². The summed E-state index contributed by atoms with van der Waals surface area (Å²) in [4.78, 5) is 35.1. The van der Waals surface area contributed by atoms with Crippen molar-refractivity contribution < 1.29 is 24.2 Å². The molecule has 1 amide bonds. The molecule has 6 heteroatoms. The van der Waals surface area contributed by atoms with E-state index in [2.05, 4.69) is 5.32 Å². The Morgan fingerprint density at radius 2 is 1.48 bits per heavy atom. The average molecular weight is 341 g/mol. The number of ether oxygens (including phenoxy) is 1. The number of carboxylic acid groups (broad SMARTS) is 1. The maximum Gasteiger partial charge on any atom is 0.408 e. The molecule has 0 aliphatic rings. The summed E-state index contributed by atoms with van der Waals surface area (Å²) >= 11 is 0. The van der Waals surface area contributed by atoms with Crippen LogP contribution in [0.4, 0.5) is 4.79 Å². The zero-order chi connectivity index (χ0) is 18.1. The molecule has 0 spiro atoms. The Labute approximate surface area is 145 Å². The molecular formula is C19H19NO5. The first-order valence-corrected chi connectivity index (χ1v) is 7.80. The lowest BCUT2D eigenvalue weighted by atomic mass is 10.0. The highest BCUT2D eigenvalue weighted by atomic mass is 16.5. The first kappa shape index (κ1) is 18.2. The number of aliphatic carboxylic acids is 1. The fourth-order valence-electron chi connectivity index (χ4n) is 2.23. The van der Waals surface area contributed by atoms with Crippen molar-refractivity contribution in [1.82, 2.24) is 5.32 Å². The molecule has 1 atom stereocenters. The topological polar surface area (TPSA) is 92.7 Å². The van der Waals surface area contributed by atoms with E-state index in [1.54, 1.807) is 48.5 Å². The van der Waals surface area contributed by atoms with E-state index in [1.165, 1.54) is 0 Å². The number of carbonyl (C=O) groups excluding carboxylic acids is 2. The van der Waals surface area contributed by atoms with E-state index in [-0.39, 0.29) is 25.2 Å². The number of carbonyl (C=O) groups is 3. The van der Waals surface area contributed by atoms with Crippen molar-refractivity contribution in [1.29, 1.82) is 0 Å². The van der Waals surface area contributed by atoms with Gasteiger partial charge in [0.15, 0.2) is 0 Å². The van der Waals surface area contributed by atoms with E-state index in [1.807, 2.05) is 12.1 Å². The summed E-state index contributed by atoms with van der Waals surface area (Å²) in [6.07, 6.45) is -1.06. The number of benzene rings is 2. The van der Waals surface area contributed by atoms with Crippen LogP contribution in [0.15, 0.2) is 60.7 Å². The van der Waals surface area contributed by atoms with Crippen molar-refractivity contribution in [3.05, 3.63) is 71.8 Å². The van der Waals surface area contributed by atoms with Gasteiger partial charge in [-0.3, -0.25) is 4.79 Å². The van der Waals surface area contributed by atoms with Gasteiger partial charge >= 0.3 is 12.1 Å².